The van der Waals surface area contributed by atoms with Crippen LogP contribution in [-0.4, -0.2) is 36.9 Å². The van der Waals surface area contributed by atoms with Gasteiger partial charge in [0.1, 0.15) is 4.90 Å². The molecule has 7 nitrogen and oxygen atoms in total. The van der Waals surface area contributed by atoms with E-state index >= 15 is 0 Å². The molecule has 1 atom stereocenters. The molecule has 0 amide bonds. The first-order valence-corrected chi connectivity index (χ1v) is 12.5. The number of ether oxygens (including phenoxy) is 4. The molecule has 0 radical (unpaired) electrons. The van der Waals surface area contributed by atoms with Gasteiger partial charge >= 0.3 is 10.1 Å². The quantitative estimate of drug-likeness (QED) is 0.407. The number of halogens is 1. The Bertz CT molecular complexity index is 1440. The Labute approximate surface area is 206 Å². The third-order valence-electron chi connectivity index (χ3n) is 6.09. The fourth-order valence-electron chi connectivity index (χ4n) is 4.56. The lowest BCUT2D eigenvalue weighted by Gasteiger charge is -2.25. The van der Waals surface area contributed by atoms with Crippen LogP contribution in [0.15, 0.2) is 57.9 Å². The van der Waals surface area contributed by atoms with E-state index in [1.807, 2.05) is 30.3 Å². The van der Waals surface area contributed by atoms with Crippen LogP contribution in [0.4, 0.5) is 0 Å². The Morgan fingerprint density at radius 3 is 1.88 bits per heavy atom. The van der Waals surface area contributed by atoms with E-state index < -0.39 is 10.1 Å². The van der Waals surface area contributed by atoms with Crippen molar-refractivity contribution in [2.45, 2.75) is 10.8 Å². The minimum atomic E-state index is -4.12. The molecule has 1 heterocycles. The van der Waals surface area contributed by atoms with Crippen LogP contribution in [0.3, 0.4) is 0 Å². The van der Waals surface area contributed by atoms with Gasteiger partial charge < -0.3 is 23.1 Å². The van der Waals surface area contributed by atoms with Crippen LogP contribution < -0.4 is 18.9 Å². The van der Waals surface area contributed by atoms with E-state index in [9.17, 15) is 8.42 Å². The summed E-state index contributed by atoms with van der Waals surface area (Å²) < 4.78 is 55.0. The molecule has 2 aliphatic rings. The molecule has 0 unspecified atom stereocenters. The van der Waals surface area contributed by atoms with Crippen molar-refractivity contribution in [2.24, 2.45) is 0 Å². The average molecular weight is 545 g/mol. The Balaban J connectivity index is 1.86. The van der Waals surface area contributed by atoms with Crippen LogP contribution in [0.25, 0.3) is 11.3 Å². The van der Waals surface area contributed by atoms with E-state index in [4.69, 9.17) is 23.1 Å². The second-order valence-electron chi connectivity index (χ2n) is 7.76. The summed E-state index contributed by atoms with van der Waals surface area (Å²) in [4.78, 5) is 0.0257. The van der Waals surface area contributed by atoms with Crippen LogP contribution in [-0.2, 0) is 14.3 Å². The molecule has 0 saturated carbocycles. The van der Waals surface area contributed by atoms with Crippen molar-refractivity contribution in [2.75, 3.05) is 28.4 Å². The lowest BCUT2D eigenvalue weighted by Crippen LogP contribution is -2.15. The van der Waals surface area contributed by atoms with Crippen LogP contribution in [0.2, 0.25) is 0 Å². The van der Waals surface area contributed by atoms with Gasteiger partial charge in [-0.1, -0.05) is 28.1 Å². The molecule has 9 heteroatoms. The fourth-order valence-corrected chi connectivity index (χ4v) is 6.01. The molecule has 1 aliphatic carbocycles. The maximum atomic E-state index is 13.2. The third-order valence-corrected chi connectivity index (χ3v) is 7.88. The summed E-state index contributed by atoms with van der Waals surface area (Å²) in [6.07, 6.45) is 0. The average Bonchev–Trinajstić information content (AvgIpc) is 3.15. The molecule has 0 spiro atoms. The van der Waals surface area contributed by atoms with Crippen LogP contribution in [0, 0.1) is 0 Å². The van der Waals surface area contributed by atoms with E-state index in [2.05, 4.69) is 15.9 Å². The molecule has 5 rings (SSSR count). The van der Waals surface area contributed by atoms with Gasteiger partial charge in [-0.3, -0.25) is 0 Å². The minimum Gasteiger partial charge on any atom is -0.493 e. The number of allylic oxidation sites excluding steroid dienone is 1. The highest BCUT2D eigenvalue weighted by Gasteiger charge is 2.44. The van der Waals surface area contributed by atoms with Gasteiger partial charge in [-0.05, 0) is 41.5 Å². The van der Waals surface area contributed by atoms with Gasteiger partial charge in [-0.15, -0.1) is 0 Å². The van der Waals surface area contributed by atoms with Crippen LogP contribution >= 0.6 is 15.9 Å². The van der Waals surface area contributed by atoms with Gasteiger partial charge in [-0.25, -0.2) is 0 Å². The van der Waals surface area contributed by atoms with Crippen molar-refractivity contribution in [3.05, 3.63) is 75.3 Å². The van der Waals surface area contributed by atoms with Crippen molar-refractivity contribution in [1.82, 2.24) is 0 Å². The van der Waals surface area contributed by atoms with Crippen LogP contribution in [0.5, 0.6) is 23.0 Å². The summed E-state index contributed by atoms with van der Waals surface area (Å²) in [7, 11) is 1.95. The van der Waals surface area contributed by atoms with Gasteiger partial charge in [-0.2, -0.15) is 8.42 Å². The molecule has 176 valence electrons. The van der Waals surface area contributed by atoms with Gasteiger partial charge in [0.25, 0.3) is 0 Å². The van der Waals surface area contributed by atoms with E-state index in [0.717, 1.165) is 21.2 Å². The first-order chi connectivity index (χ1) is 16.3. The number of fused-ring (bicyclic) bond motifs is 4. The summed E-state index contributed by atoms with van der Waals surface area (Å²) >= 11 is 3.49. The normalized spacial score (nSPS) is 17.3. The highest BCUT2D eigenvalue weighted by Crippen LogP contribution is 2.57. The Morgan fingerprint density at radius 2 is 1.29 bits per heavy atom. The summed E-state index contributed by atoms with van der Waals surface area (Å²) in [6.45, 7) is 0. The molecule has 0 aromatic heterocycles. The predicted octanol–water partition coefficient (Wildman–Crippen LogP) is 5.22. The summed E-state index contributed by atoms with van der Waals surface area (Å²) in [5.74, 6) is 1.69. The smallest absolute Gasteiger partial charge is 0.340 e. The molecule has 1 aliphatic heterocycles. The molecule has 3 aromatic rings. The Morgan fingerprint density at radius 1 is 0.765 bits per heavy atom. The van der Waals surface area contributed by atoms with E-state index in [-0.39, 0.29) is 16.6 Å². The molecular formula is C25H21BrO7S. The molecule has 0 fully saturated rings. The third kappa shape index (κ3) is 3.33. The van der Waals surface area contributed by atoms with Gasteiger partial charge in [0, 0.05) is 33.2 Å². The Hall–Kier alpha value is -3.17. The van der Waals surface area contributed by atoms with Crippen molar-refractivity contribution < 1.29 is 31.5 Å². The van der Waals surface area contributed by atoms with E-state index in [0.29, 0.717) is 34.1 Å². The minimum absolute atomic E-state index is 0.0257. The highest BCUT2D eigenvalue weighted by atomic mass is 79.9. The highest BCUT2D eigenvalue weighted by molar-refractivity contribution is 9.10. The zero-order chi connectivity index (χ0) is 24.2. The molecule has 34 heavy (non-hydrogen) atoms. The summed E-state index contributed by atoms with van der Waals surface area (Å²) in [5.41, 5.74) is 3.66. The number of benzene rings is 3. The van der Waals surface area contributed by atoms with Crippen molar-refractivity contribution in [3.63, 3.8) is 0 Å². The summed E-state index contributed by atoms with van der Waals surface area (Å²) in [6, 6.07) is 14.6. The van der Waals surface area contributed by atoms with Crippen molar-refractivity contribution in [3.8, 4) is 23.0 Å². The zero-order valence-corrected chi connectivity index (χ0v) is 21.2. The fraction of sp³-hybridized carbons (Fsp3) is 0.200. The van der Waals surface area contributed by atoms with Crippen molar-refractivity contribution in [1.29, 1.82) is 0 Å². The van der Waals surface area contributed by atoms with Crippen molar-refractivity contribution >= 4 is 37.4 Å². The number of methoxy groups -OCH3 is 4. The monoisotopic (exact) mass is 544 g/mol. The predicted molar refractivity (Wildman–Crippen MR) is 130 cm³/mol. The molecule has 3 aromatic carbocycles. The zero-order valence-electron chi connectivity index (χ0n) is 18.8. The first-order valence-electron chi connectivity index (χ1n) is 10.3. The first kappa shape index (κ1) is 22.6. The summed E-state index contributed by atoms with van der Waals surface area (Å²) in [5, 5.41) is 0. The standard InChI is InChI=1S/C25H21BrO7S/c1-29-18-9-15-16(10-19(18)30-2)25-24(23(15)13-5-7-14(26)8-6-13)17-11-20(31-3)21(32-4)12-22(17)34(27,28)33-25/h5-12,23H,1-4H3/t23-/m0/s1. The van der Waals surface area contributed by atoms with Crippen LogP contribution in [0.1, 0.15) is 28.2 Å². The molecule has 0 saturated heterocycles. The maximum absolute atomic E-state index is 13.2. The lowest BCUT2D eigenvalue weighted by atomic mass is 9.85. The topological polar surface area (TPSA) is 80.3 Å². The number of hydrogen-bond acceptors (Lipinski definition) is 7. The van der Waals surface area contributed by atoms with Gasteiger partial charge in [0.15, 0.2) is 28.8 Å². The largest absolute Gasteiger partial charge is 0.493 e. The maximum Gasteiger partial charge on any atom is 0.340 e. The second kappa shape index (κ2) is 8.25. The number of hydrogen-bond donors (Lipinski definition) is 0. The lowest BCUT2D eigenvalue weighted by molar-refractivity contribution is 0.353. The van der Waals surface area contributed by atoms with E-state index in [1.165, 1.54) is 27.4 Å². The second-order valence-corrected chi connectivity index (χ2v) is 10.2. The van der Waals surface area contributed by atoms with Gasteiger partial charge in [0.05, 0.1) is 28.4 Å². The van der Waals surface area contributed by atoms with Gasteiger partial charge in [0.2, 0.25) is 0 Å². The molecule has 0 N–H and O–H groups in total. The Kier molecular flexibility index (Phi) is 5.49. The molecular weight excluding hydrogens is 524 g/mol. The molecule has 0 bridgehead atoms. The number of rotatable bonds is 5. The van der Waals surface area contributed by atoms with E-state index in [1.54, 1.807) is 19.2 Å². The SMILES string of the molecule is COc1cc2c(cc1OC)[C@H](c1ccc(Br)cc1)C1=C2OS(=O)(=O)c2cc(OC)c(OC)cc21.